The first-order valence-electron chi connectivity index (χ1n) is 6.28. The van der Waals surface area contributed by atoms with Crippen molar-refractivity contribution in [3.8, 4) is 0 Å². The normalized spacial score (nSPS) is 12.6. The third-order valence-electron chi connectivity index (χ3n) is 2.25. The Bertz CT molecular complexity index is 472. The molecule has 0 aromatic carbocycles. The molecule has 1 rings (SSSR count). The first kappa shape index (κ1) is 16.5. The second kappa shape index (κ2) is 7.26. The molecular formula is C14H20ClN3O2. The van der Waals surface area contributed by atoms with Gasteiger partial charge in [-0.05, 0) is 39.3 Å². The van der Waals surface area contributed by atoms with Crippen LogP contribution in [0.4, 0.5) is 4.79 Å². The minimum absolute atomic E-state index is 0.223. The molecule has 1 heterocycles. The summed E-state index contributed by atoms with van der Waals surface area (Å²) in [6, 6.07) is 3.20. The minimum atomic E-state index is -0.548. The Morgan fingerprint density at radius 1 is 1.60 bits per heavy atom. The monoisotopic (exact) mass is 297 g/mol. The predicted octanol–water partition coefficient (Wildman–Crippen LogP) is 3.38. The Labute approximate surface area is 124 Å². The second-order valence-corrected chi connectivity index (χ2v) is 5.68. The molecular weight excluding hydrogens is 278 g/mol. The standard InChI is InChI=1S/C14H20ClN3O2/c1-5-6-11(12-9-10(15)7-8-16-12)17-18-13(19)20-14(2,3)4/h5,7-9,11,17H,1,6H2,2-4H3,(H,18,19)/t11-/m0/s1. The summed E-state index contributed by atoms with van der Waals surface area (Å²) in [5.41, 5.74) is 5.54. The fraction of sp³-hybridized carbons (Fsp3) is 0.429. The number of ether oxygens (including phenoxy) is 1. The number of hydrogen-bond acceptors (Lipinski definition) is 4. The molecule has 1 amide bonds. The molecule has 0 aliphatic carbocycles. The van der Waals surface area contributed by atoms with Gasteiger partial charge >= 0.3 is 6.09 Å². The molecule has 110 valence electrons. The molecule has 5 nitrogen and oxygen atoms in total. The van der Waals surface area contributed by atoms with Gasteiger partial charge in [-0.3, -0.25) is 10.4 Å². The number of nitrogens with one attached hydrogen (secondary N) is 2. The van der Waals surface area contributed by atoms with Crippen LogP contribution in [0.3, 0.4) is 0 Å². The van der Waals surface area contributed by atoms with Crippen LogP contribution in [0.1, 0.15) is 38.9 Å². The number of nitrogens with zero attached hydrogens (tertiary/aromatic N) is 1. The van der Waals surface area contributed by atoms with E-state index in [9.17, 15) is 4.79 Å². The Morgan fingerprint density at radius 3 is 2.85 bits per heavy atom. The van der Waals surface area contributed by atoms with E-state index in [0.717, 1.165) is 0 Å². The van der Waals surface area contributed by atoms with Gasteiger partial charge in [0.15, 0.2) is 0 Å². The van der Waals surface area contributed by atoms with E-state index in [2.05, 4.69) is 22.4 Å². The highest BCUT2D eigenvalue weighted by Crippen LogP contribution is 2.18. The van der Waals surface area contributed by atoms with E-state index >= 15 is 0 Å². The second-order valence-electron chi connectivity index (χ2n) is 5.25. The first-order chi connectivity index (χ1) is 9.31. The Balaban J connectivity index is 2.64. The molecule has 0 saturated heterocycles. The fourth-order valence-electron chi connectivity index (χ4n) is 1.48. The molecule has 0 fully saturated rings. The number of carbonyl (C=O) groups is 1. The highest BCUT2D eigenvalue weighted by molar-refractivity contribution is 6.30. The smallest absolute Gasteiger partial charge is 0.422 e. The molecule has 1 aromatic rings. The van der Waals surface area contributed by atoms with Crippen molar-refractivity contribution < 1.29 is 9.53 Å². The molecule has 1 aromatic heterocycles. The molecule has 0 radical (unpaired) electrons. The number of halogens is 1. The van der Waals surface area contributed by atoms with Crippen LogP contribution in [0.25, 0.3) is 0 Å². The number of pyridine rings is 1. The summed E-state index contributed by atoms with van der Waals surface area (Å²) in [5.74, 6) is 0. The van der Waals surface area contributed by atoms with Gasteiger partial charge in [-0.2, -0.15) is 0 Å². The lowest BCUT2D eigenvalue weighted by Gasteiger charge is -2.22. The van der Waals surface area contributed by atoms with E-state index in [-0.39, 0.29) is 6.04 Å². The largest absolute Gasteiger partial charge is 0.443 e. The maximum absolute atomic E-state index is 11.6. The van der Waals surface area contributed by atoms with Crippen LogP contribution in [-0.2, 0) is 4.74 Å². The zero-order valence-electron chi connectivity index (χ0n) is 11.9. The van der Waals surface area contributed by atoms with Crippen LogP contribution in [0, 0.1) is 0 Å². The number of carbonyl (C=O) groups excluding carboxylic acids is 1. The number of aromatic nitrogens is 1. The molecule has 0 aliphatic rings. The van der Waals surface area contributed by atoms with Crippen molar-refractivity contribution in [2.45, 2.75) is 38.8 Å². The number of hydrogen-bond donors (Lipinski definition) is 2. The van der Waals surface area contributed by atoms with E-state index in [1.165, 1.54) is 0 Å². The lowest BCUT2D eigenvalue weighted by molar-refractivity contribution is 0.0487. The molecule has 20 heavy (non-hydrogen) atoms. The van der Waals surface area contributed by atoms with Crippen LogP contribution in [0.2, 0.25) is 5.02 Å². The van der Waals surface area contributed by atoms with Crippen LogP contribution in [0.5, 0.6) is 0 Å². The fourth-order valence-corrected chi connectivity index (χ4v) is 1.65. The van der Waals surface area contributed by atoms with Crippen LogP contribution in [-0.4, -0.2) is 16.7 Å². The van der Waals surface area contributed by atoms with E-state index in [0.29, 0.717) is 17.1 Å². The van der Waals surface area contributed by atoms with Gasteiger partial charge in [-0.15, -0.1) is 6.58 Å². The molecule has 0 aliphatic heterocycles. The number of amides is 1. The lowest BCUT2D eigenvalue weighted by Crippen LogP contribution is -2.43. The van der Waals surface area contributed by atoms with Crippen molar-refractivity contribution in [3.63, 3.8) is 0 Å². The third kappa shape index (κ3) is 6.04. The van der Waals surface area contributed by atoms with Gasteiger partial charge in [0.1, 0.15) is 5.60 Å². The van der Waals surface area contributed by atoms with E-state index in [1.54, 1.807) is 45.2 Å². The molecule has 0 unspecified atom stereocenters. The zero-order valence-corrected chi connectivity index (χ0v) is 12.7. The maximum atomic E-state index is 11.6. The van der Waals surface area contributed by atoms with Gasteiger partial charge in [0.2, 0.25) is 0 Å². The van der Waals surface area contributed by atoms with Crippen LogP contribution >= 0.6 is 11.6 Å². The van der Waals surface area contributed by atoms with Crippen molar-refractivity contribution in [2.75, 3.05) is 0 Å². The van der Waals surface area contributed by atoms with Gasteiger partial charge in [0.05, 0.1) is 11.7 Å². The van der Waals surface area contributed by atoms with Crippen molar-refractivity contribution in [1.29, 1.82) is 0 Å². The minimum Gasteiger partial charge on any atom is -0.443 e. The molecule has 0 spiro atoms. The molecule has 0 bridgehead atoms. The van der Waals surface area contributed by atoms with Crippen molar-refractivity contribution >= 4 is 17.7 Å². The Hall–Kier alpha value is -1.59. The van der Waals surface area contributed by atoms with Crippen molar-refractivity contribution in [1.82, 2.24) is 15.8 Å². The first-order valence-corrected chi connectivity index (χ1v) is 6.66. The van der Waals surface area contributed by atoms with Crippen LogP contribution in [0.15, 0.2) is 31.0 Å². The molecule has 2 N–H and O–H groups in total. The van der Waals surface area contributed by atoms with E-state index < -0.39 is 11.7 Å². The zero-order chi connectivity index (χ0) is 15.2. The molecule has 1 atom stereocenters. The Kier molecular flexibility index (Phi) is 5.98. The molecule has 0 saturated carbocycles. The van der Waals surface area contributed by atoms with Gasteiger partial charge < -0.3 is 4.74 Å². The maximum Gasteiger partial charge on any atom is 0.422 e. The topological polar surface area (TPSA) is 63.2 Å². The highest BCUT2D eigenvalue weighted by atomic mass is 35.5. The van der Waals surface area contributed by atoms with Crippen molar-refractivity contribution in [3.05, 3.63) is 41.7 Å². The number of hydrazine groups is 1. The summed E-state index contributed by atoms with van der Waals surface area (Å²) in [7, 11) is 0. The van der Waals surface area contributed by atoms with E-state index in [4.69, 9.17) is 16.3 Å². The lowest BCUT2D eigenvalue weighted by atomic mass is 10.1. The van der Waals surface area contributed by atoms with Crippen LogP contribution < -0.4 is 10.9 Å². The quantitative estimate of drug-likeness (QED) is 0.646. The number of rotatable bonds is 5. The summed E-state index contributed by atoms with van der Waals surface area (Å²) >= 11 is 5.93. The SMILES string of the molecule is C=CC[C@H](NNC(=O)OC(C)(C)C)c1cc(Cl)ccn1. The molecule has 6 heteroatoms. The summed E-state index contributed by atoms with van der Waals surface area (Å²) in [4.78, 5) is 15.8. The van der Waals surface area contributed by atoms with Gasteiger partial charge in [0.25, 0.3) is 0 Å². The summed E-state index contributed by atoms with van der Waals surface area (Å²) in [6.07, 6.45) is 3.39. The average molecular weight is 298 g/mol. The summed E-state index contributed by atoms with van der Waals surface area (Å²) in [5, 5.41) is 0.586. The summed E-state index contributed by atoms with van der Waals surface area (Å²) < 4.78 is 5.14. The van der Waals surface area contributed by atoms with Gasteiger partial charge in [0, 0.05) is 11.2 Å². The Morgan fingerprint density at radius 2 is 2.30 bits per heavy atom. The predicted molar refractivity (Wildman–Crippen MR) is 79.3 cm³/mol. The average Bonchev–Trinajstić information content (AvgIpc) is 2.32. The third-order valence-corrected chi connectivity index (χ3v) is 2.48. The highest BCUT2D eigenvalue weighted by Gasteiger charge is 2.18. The van der Waals surface area contributed by atoms with Crippen molar-refractivity contribution in [2.24, 2.45) is 0 Å². The van der Waals surface area contributed by atoms with E-state index in [1.807, 2.05) is 0 Å². The van der Waals surface area contributed by atoms with Gasteiger partial charge in [-0.25, -0.2) is 10.2 Å². The summed E-state index contributed by atoms with van der Waals surface area (Å²) in [6.45, 7) is 9.08. The van der Waals surface area contributed by atoms with Gasteiger partial charge in [-0.1, -0.05) is 17.7 Å².